The molecule has 11 nitrogen and oxygen atoms in total. The number of nitrogens with zero attached hydrogens (tertiary/aromatic N) is 5. The first-order chi connectivity index (χ1) is 17.7. The van der Waals surface area contributed by atoms with Gasteiger partial charge in [-0.05, 0) is 31.2 Å². The Morgan fingerprint density at radius 1 is 1.27 bits per heavy atom. The summed E-state index contributed by atoms with van der Waals surface area (Å²) in [6.45, 7) is 2.75. The minimum absolute atomic E-state index is 0.00275. The lowest BCUT2D eigenvalue weighted by Gasteiger charge is -2.40. The number of rotatable bonds is 10. The number of carbonyl (C=O) groups is 1. The van der Waals surface area contributed by atoms with Crippen LogP contribution in [0.1, 0.15) is 43.2 Å². The molecule has 2 aromatic heterocycles. The summed E-state index contributed by atoms with van der Waals surface area (Å²) < 4.78 is 45.0. The van der Waals surface area contributed by atoms with E-state index in [4.69, 9.17) is 4.74 Å². The second-order valence-corrected chi connectivity index (χ2v) is 9.32. The van der Waals surface area contributed by atoms with Gasteiger partial charge in [-0.15, -0.1) is 0 Å². The van der Waals surface area contributed by atoms with Gasteiger partial charge in [-0.25, -0.2) is 15.1 Å². The van der Waals surface area contributed by atoms with Gasteiger partial charge in [0, 0.05) is 38.1 Å². The summed E-state index contributed by atoms with van der Waals surface area (Å²) >= 11 is 0. The van der Waals surface area contributed by atoms with E-state index in [9.17, 15) is 27.9 Å². The van der Waals surface area contributed by atoms with Crippen LogP contribution in [0.2, 0.25) is 0 Å². The molecular formula is C23H30F3N7O4. The van der Waals surface area contributed by atoms with Gasteiger partial charge in [-0.1, -0.05) is 0 Å². The van der Waals surface area contributed by atoms with E-state index < -0.39 is 35.1 Å². The summed E-state index contributed by atoms with van der Waals surface area (Å²) in [7, 11) is 0. The highest BCUT2D eigenvalue weighted by molar-refractivity contribution is 5.77. The fraction of sp³-hybridized carbons (Fsp3) is 0.609. The Labute approximate surface area is 211 Å². The molecule has 1 aliphatic carbocycles. The molecule has 4 rings (SSSR count). The van der Waals surface area contributed by atoms with Gasteiger partial charge < -0.3 is 25.0 Å². The predicted octanol–water partition coefficient (Wildman–Crippen LogP) is 1.37. The van der Waals surface area contributed by atoms with E-state index in [2.05, 4.69) is 20.4 Å². The van der Waals surface area contributed by atoms with E-state index in [1.165, 1.54) is 12.8 Å². The highest BCUT2D eigenvalue weighted by atomic mass is 19.4. The molecule has 0 bridgehead atoms. The highest BCUT2D eigenvalue weighted by Gasteiger charge is 2.37. The smallest absolute Gasteiger partial charge is 0.394 e. The molecule has 14 heteroatoms. The van der Waals surface area contributed by atoms with Gasteiger partial charge in [0.1, 0.15) is 5.56 Å². The summed E-state index contributed by atoms with van der Waals surface area (Å²) in [6, 6.07) is -1.00. The minimum atomic E-state index is -4.84. The van der Waals surface area contributed by atoms with Crippen molar-refractivity contribution in [2.45, 2.75) is 50.4 Å². The molecule has 1 saturated carbocycles. The van der Waals surface area contributed by atoms with E-state index in [-0.39, 0.29) is 32.1 Å². The molecule has 0 aromatic carbocycles. The molecule has 2 fully saturated rings. The third kappa shape index (κ3) is 6.74. The number of aromatic nitrogens is 4. The van der Waals surface area contributed by atoms with Crippen molar-refractivity contribution >= 4 is 17.5 Å². The molecule has 1 saturated heterocycles. The summed E-state index contributed by atoms with van der Waals surface area (Å²) in [4.78, 5) is 36.8. The van der Waals surface area contributed by atoms with Crippen LogP contribution in [0.15, 0.2) is 23.4 Å². The zero-order valence-corrected chi connectivity index (χ0v) is 20.4. The van der Waals surface area contributed by atoms with Gasteiger partial charge in [0.2, 0.25) is 11.9 Å². The molecule has 202 valence electrons. The Kier molecular flexibility index (Phi) is 8.27. The van der Waals surface area contributed by atoms with Crippen LogP contribution in [0.3, 0.4) is 0 Å². The monoisotopic (exact) mass is 525 g/mol. The molecule has 0 radical (unpaired) electrons. The zero-order chi connectivity index (χ0) is 26.6. The topological polar surface area (TPSA) is 137 Å². The van der Waals surface area contributed by atoms with E-state index >= 15 is 0 Å². The van der Waals surface area contributed by atoms with Crippen LogP contribution in [0, 0.1) is 0 Å². The zero-order valence-electron chi connectivity index (χ0n) is 20.4. The summed E-state index contributed by atoms with van der Waals surface area (Å²) in [5, 5.41) is 17.7. The van der Waals surface area contributed by atoms with Gasteiger partial charge in [0.25, 0.3) is 5.56 Å². The largest absolute Gasteiger partial charge is 0.423 e. The van der Waals surface area contributed by atoms with Crippen molar-refractivity contribution in [1.29, 1.82) is 0 Å². The number of halogens is 3. The number of hydrogen-bond acceptors (Lipinski definition) is 9. The summed E-state index contributed by atoms with van der Waals surface area (Å²) in [5.41, 5.74) is -2.01. The third-order valence-corrected chi connectivity index (χ3v) is 6.37. The summed E-state index contributed by atoms with van der Waals surface area (Å²) in [6.07, 6.45) is 2.12. The normalized spacial score (nSPS) is 19.1. The van der Waals surface area contributed by atoms with E-state index in [0.717, 1.165) is 11.8 Å². The number of anilines is 2. The Hall–Kier alpha value is -3.26. The second-order valence-electron chi connectivity index (χ2n) is 9.32. The predicted molar refractivity (Wildman–Crippen MR) is 127 cm³/mol. The maximum atomic E-state index is 13.2. The maximum Gasteiger partial charge on any atom is 0.423 e. The SMILES string of the molecule is CC(COCCC(=O)N1CCN(c2ncc(C3CC3)cn2)C[C@H]1CO)Nc1cn[nH]c(=O)c1C(F)(F)F. The number of carbonyl (C=O) groups excluding carboxylic acids is 1. The fourth-order valence-corrected chi connectivity index (χ4v) is 4.30. The minimum Gasteiger partial charge on any atom is -0.394 e. The van der Waals surface area contributed by atoms with Crippen LogP contribution in [-0.2, 0) is 15.7 Å². The van der Waals surface area contributed by atoms with Gasteiger partial charge in [0.05, 0.1) is 44.2 Å². The number of aliphatic hydroxyl groups excluding tert-OH is 1. The first-order valence-corrected chi connectivity index (χ1v) is 12.1. The Morgan fingerprint density at radius 3 is 2.65 bits per heavy atom. The van der Waals surface area contributed by atoms with Gasteiger partial charge >= 0.3 is 6.18 Å². The van der Waals surface area contributed by atoms with Gasteiger partial charge in [-0.2, -0.15) is 18.3 Å². The third-order valence-electron chi connectivity index (χ3n) is 6.37. The van der Waals surface area contributed by atoms with Gasteiger partial charge in [-0.3, -0.25) is 9.59 Å². The Morgan fingerprint density at radius 2 is 2.00 bits per heavy atom. The highest BCUT2D eigenvalue weighted by Crippen LogP contribution is 2.39. The van der Waals surface area contributed by atoms with Crippen molar-refractivity contribution in [2.24, 2.45) is 0 Å². The number of nitrogens with one attached hydrogen (secondary N) is 2. The Bertz CT molecular complexity index is 1120. The van der Waals surface area contributed by atoms with Crippen molar-refractivity contribution in [2.75, 3.05) is 49.7 Å². The average Bonchev–Trinajstić information content (AvgIpc) is 3.71. The van der Waals surface area contributed by atoms with Crippen molar-refractivity contribution < 1.29 is 27.8 Å². The van der Waals surface area contributed by atoms with Crippen LogP contribution in [0.4, 0.5) is 24.8 Å². The van der Waals surface area contributed by atoms with Gasteiger partial charge in [0.15, 0.2) is 0 Å². The molecule has 37 heavy (non-hydrogen) atoms. The molecule has 1 aliphatic heterocycles. The average molecular weight is 526 g/mol. The number of alkyl halides is 3. The second kappa shape index (κ2) is 11.4. The standard InChI is InChI=1S/C23H30F3N7O4/c1-14(30-18-10-29-31-21(36)20(18)23(24,25)26)13-37-7-4-19(35)33-6-5-32(11-17(33)12-34)22-27-8-16(9-28-22)15-2-3-15/h8-10,14-15,17,34H,2-7,11-13H2,1H3,(H2,30,31,36)/t14?,17-/m0/s1. The molecule has 1 amide bonds. The quantitative estimate of drug-likeness (QED) is 0.393. The fourth-order valence-electron chi connectivity index (χ4n) is 4.30. The molecule has 3 heterocycles. The van der Waals surface area contributed by atoms with Crippen molar-refractivity contribution in [3.05, 3.63) is 40.1 Å². The van der Waals surface area contributed by atoms with E-state index in [0.29, 0.717) is 31.5 Å². The lowest BCUT2D eigenvalue weighted by Crippen LogP contribution is -2.57. The van der Waals surface area contributed by atoms with E-state index in [1.54, 1.807) is 16.9 Å². The number of ether oxygens (including phenoxy) is 1. The van der Waals surface area contributed by atoms with Crippen LogP contribution in [0.25, 0.3) is 0 Å². The van der Waals surface area contributed by atoms with Crippen LogP contribution in [-0.4, -0.2) is 87.6 Å². The van der Waals surface area contributed by atoms with Crippen molar-refractivity contribution in [3.8, 4) is 0 Å². The van der Waals surface area contributed by atoms with Crippen molar-refractivity contribution in [1.82, 2.24) is 25.1 Å². The molecule has 3 N–H and O–H groups in total. The number of H-pyrrole nitrogens is 1. The van der Waals surface area contributed by atoms with Crippen LogP contribution < -0.4 is 15.8 Å². The number of piperazine rings is 1. The first kappa shape index (κ1) is 26.8. The molecule has 1 unspecified atom stereocenters. The molecular weight excluding hydrogens is 495 g/mol. The lowest BCUT2D eigenvalue weighted by molar-refractivity contribution is -0.138. The number of aromatic amines is 1. The molecule has 0 spiro atoms. The summed E-state index contributed by atoms with van der Waals surface area (Å²) in [5.74, 6) is 0.943. The number of amides is 1. The lowest BCUT2D eigenvalue weighted by atomic mass is 10.1. The van der Waals surface area contributed by atoms with Crippen molar-refractivity contribution in [3.63, 3.8) is 0 Å². The maximum absolute atomic E-state index is 13.2. The molecule has 2 aromatic rings. The first-order valence-electron chi connectivity index (χ1n) is 12.1. The molecule has 2 atom stereocenters. The van der Waals surface area contributed by atoms with Crippen LogP contribution in [0.5, 0.6) is 0 Å². The van der Waals surface area contributed by atoms with Crippen LogP contribution >= 0.6 is 0 Å². The molecule has 2 aliphatic rings. The Balaban J connectivity index is 1.22. The number of aliphatic hydroxyl groups is 1. The number of hydrogen-bond donors (Lipinski definition) is 3. The van der Waals surface area contributed by atoms with E-state index in [1.807, 2.05) is 17.3 Å².